The predicted octanol–water partition coefficient (Wildman–Crippen LogP) is 4.07. The van der Waals surface area contributed by atoms with Gasteiger partial charge >= 0.3 is 0 Å². The summed E-state index contributed by atoms with van der Waals surface area (Å²) in [4.78, 5) is 22.5. The van der Waals surface area contributed by atoms with Crippen LogP contribution >= 0.6 is 24.0 Å². The van der Waals surface area contributed by atoms with E-state index in [1.165, 1.54) is 11.8 Å². The number of ether oxygens (including phenoxy) is 1. The monoisotopic (exact) mass is 413 g/mol. The Hall–Kier alpha value is -1.96. The van der Waals surface area contributed by atoms with Crippen LogP contribution in [0.25, 0.3) is 17.0 Å². The van der Waals surface area contributed by atoms with Crippen LogP contribution in [-0.4, -0.2) is 52.5 Å². The maximum Gasteiger partial charge on any atom is 0.266 e. The molecule has 0 aliphatic carbocycles. The number of morpholine rings is 1. The SMILES string of the molecule is CC[C@H](C)N1C(=O)/C(=C/c2cc3ccccc3nc2N2CCOCC2)SC1=S. The van der Waals surface area contributed by atoms with E-state index in [-0.39, 0.29) is 11.9 Å². The number of hydrogen-bond donors (Lipinski definition) is 0. The van der Waals surface area contributed by atoms with Gasteiger partial charge in [-0.05, 0) is 31.6 Å². The lowest BCUT2D eigenvalue weighted by molar-refractivity contribution is -0.123. The van der Waals surface area contributed by atoms with E-state index in [1.54, 1.807) is 4.90 Å². The number of hydrogen-bond acceptors (Lipinski definition) is 6. The van der Waals surface area contributed by atoms with E-state index in [4.69, 9.17) is 21.9 Å². The molecule has 0 spiro atoms. The lowest BCUT2D eigenvalue weighted by atomic mass is 10.1. The molecule has 0 N–H and O–H groups in total. The number of carbonyl (C=O) groups excluding carboxylic acids is 1. The molecule has 0 saturated carbocycles. The van der Waals surface area contributed by atoms with Crippen molar-refractivity contribution in [3.63, 3.8) is 0 Å². The van der Waals surface area contributed by atoms with Gasteiger partial charge in [0.25, 0.3) is 5.91 Å². The van der Waals surface area contributed by atoms with Gasteiger partial charge in [0.05, 0.1) is 23.6 Å². The average molecular weight is 414 g/mol. The molecule has 2 saturated heterocycles. The van der Waals surface area contributed by atoms with Crippen LogP contribution in [-0.2, 0) is 9.53 Å². The van der Waals surface area contributed by atoms with Crippen molar-refractivity contribution in [2.45, 2.75) is 26.3 Å². The second-order valence-electron chi connectivity index (χ2n) is 7.00. The summed E-state index contributed by atoms with van der Waals surface area (Å²) in [5, 5.41) is 1.06. The number of fused-ring (bicyclic) bond motifs is 1. The third kappa shape index (κ3) is 3.66. The smallest absolute Gasteiger partial charge is 0.266 e. The van der Waals surface area contributed by atoms with Crippen molar-refractivity contribution < 1.29 is 9.53 Å². The van der Waals surface area contributed by atoms with Crippen LogP contribution in [0.5, 0.6) is 0 Å². The first kappa shape index (κ1) is 19.4. The molecule has 3 heterocycles. The highest BCUT2D eigenvalue weighted by atomic mass is 32.2. The van der Waals surface area contributed by atoms with Crippen LogP contribution in [0.3, 0.4) is 0 Å². The number of carbonyl (C=O) groups is 1. The number of pyridine rings is 1. The van der Waals surface area contributed by atoms with Gasteiger partial charge in [0.1, 0.15) is 10.1 Å². The summed E-state index contributed by atoms with van der Waals surface area (Å²) in [6.07, 6.45) is 2.82. The molecule has 1 aromatic carbocycles. The van der Waals surface area contributed by atoms with E-state index in [9.17, 15) is 4.79 Å². The summed E-state index contributed by atoms with van der Waals surface area (Å²) < 4.78 is 6.13. The molecule has 1 amide bonds. The Morgan fingerprint density at radius 3 is 2.82 bits per heavy atom. The lowest BCUT2D eigenvalue weighted by Crippen LogP contribution is -2.37. The van der Waals surface area contributed by atoms with Crippen molar-refractivity contribution in [1.29, 1.82) is 0 Å². The van der Waals surface area contributed by atoms with Gasteiger partial charge in [0.2, 0.25) is 0 Å². The van der Waals surface area contributed by atoms with Crippen molar-refractivity contribution in [3.05, 3.63) is 40.8 Å². The van der Waals surface area contributed by atoms with Crippen molar-refractivity contribution in [3.8, 4) is 0 Å². The molecule has 0 bridgehead atoms. The normalized spacial score (nSPS) is 20.4. The van der Waals surface area contributed by atoms with Crippen molar-refractivity contribution in [2.24, 2.45) is 0 Å². The zero-order valence-electron chi connectivity index (χ0n) is 16.1. The van der Waals surface area contributed by atoms with Crippen molar-refractivity contribution in [1.82, 2.24) is 9.88 Å². The Morgan fingerprint density at radius 1 is 1.32 bits per heavy atom. The third-order valence-corrected chi connectivity index (χ3v) is 6.52. The molecule has 0 unspecified atom stereocenters. The molecule has 0 radical (unpaired) electrons. The van der Waals surface area contributed by atoms with E-state index < -0.39 is 0 Å². The Morgan fingerprint density at radius 2 is 2.07 bits per heavy atom. The van der Waals surface area contributed by atoms with Gasteiger partial charge < -0.3 is 9.64 Å². The van der Waals surface area contributed by atoms with Crippen LogP contribution in [0.2, 0.25) is 0 Å². The topological polar surface area (TPSA) is 45.7 Å². The van der Waals surface area contributed by atoms with Gasteiger partial charge in [-0.25, -0.2) is 4.98 Å². The van der Waals surface area contributed by atoms with E-state index in [0.29, 0.717) is 22.4 Å². The molecule has 7 heteroatoms. The first-order valence-corrected chi connectivity index (χ1v) is 10.8. The maximum atomic E-state index is 13.0. The standard InChI is InChI=1S/C21H23N3O2S2/c1-3-14(2)24-20(25)18(28-21(24)27)13-16-12-15-6-4-5-7-17(15)22-19(16)23-8-10-26-11-9-23/h4-7,12-14H,3,8-11H2,1-2H3/b18-13-/t14-/m0/s1. The molecule has 4 rings (SSSR count). The summed E-state index contributed by atoms with van der Waals surface area (Å²) in [6, 6.07) is 10.3. The van der Waals surface area contributed by atoms with Gasteiger partial charge in [-0.15, -0.1) is 0 Å². The molecule has 1 atom stereocenters. The van der Waals surface area contributed by atoms with Crippen LogP contribution in [0, 0.1) is 0 Å². The molecular weight excluding hydrogens is 390 g/mol. The highest BCUT2D eigenvalue weighted by Crippen LogP contribution is 2.36. The molecule has 2 aromatic rings. The first-order valence-electron chi connectivity index (χ1n) is 9.58. The fraction of sp³-hybridized carbons (Fsp3) is 0.381. The van der Waals surface area contributed by atoms with E-state index in [1.807, 2.05) is 37.3 Å². The minimum atomic E-state index is -0.00886. The second kappa shape index (κ2) is 8.19. The lowest BCUT2D eigenvalue weighted by Gasteiger charge is -2.29. The number of anilines is 1. The van der Waals surface area contributed by atoms with E-state index >= 15 is 0 Å². The number of rotatable bonds is 4. The Kier molecular flexibility index (Phi) is 5.66. The van der Waals surface area contributed by atoms with E-state index in [2.05, 4.69) is 17.9 Å². The molecule has 2 aliphatic rings. The fourth-order valence-corrected chi connectivity index (χ4v) is 4.89. The van der Waals surface area contributed by atoms with Gasteiger partial charge in [0.15, 0.2) is 0 Å². The maximum absolute atomic E-state index is 13.0. The molecule has 146 valence electrons. The molecule has 1 aromatic heterocycles. The minimum Gasteiger partial charge on any atom is -0.378 e. The minimum absolute atomic E-state index is 0.00886. The Bertz CT molecular complexity index is 954. The van der Waals surface area contributed by atoms with Gasteiger partial charge in [0, 0.05) is 30.1 Å². The van der Waals surface area contributed by atoms with Gasteiger partial charge in [-0.1, -0.05) is 49.1 Å². The van der Waals surface area contributed by atoms with Crippen molar-refractivity contribution in [2.75, 3.05) is 31.2 Å². The fourth-order valence-electron chi connectivity index (χ4n) is 3.44. The number of aromatic nitrogens is 1. The third-order valence-electron chi connectivity index (χ3n) is 5.18. The highest BCUT2D eigenvalue weighted by Gasteiger charge is 2.35. The van der Waals surface area contributed by atoms with Crippen LogP contribution in [0.1, 0.15) is 25.8 Å². The first-order chi connectivity index (χ1) is 13.6. The quantitative estimate of drug-likeness (QED) is 0.556. The Labute approximate surface area is 174 Å². The van der Waals surface area contributed by atoms with E-state index in [0.717, 1.165) is 41.8 Å². The zero-order chi connectivity index (χ0) is 19.7. The predicted molar refractivity (Wildman–Crippen MR) is 120 cm³/mol. The summed E-state index contributed by atoms with van der Waals surface area (Å²) in [6.45, 7) is 7.05. The number of para-hydroxylation sites is 1. The van der Waals surface area contributed by atoms with Gasteiger partial charge in [-0.2, -0.15) is 0 Å². The molecule has 28 heavy (non-hydrogen) atoms. The number of amides is 1. The molecule has 2 fully saturated rings. The van der Waals surface area contributed by atoms with Gasteiger partial charge in [-0.3, -0.25) is 9.69 Å². The summed E-state index contributed by atoms with van der Waals surface area (Å²) >= 11 is 6.85. The Balaban J connectivity index is 1.78. The number of nitrogens with zero attached hydrogens (tertiary/aromatic N) is 3. The molecule has 2 aliphatic heterocycles. The largest absolute Gasteiger partial charge is 0.378 e. The van der Waals surface area contributed by atoms with Crippen molar-refractivity contribution >= 4 is 57.0 Å². The number of thioether (sulfide) groups is 1. The average Bonchev–Trinajstić information content (AvgIpc) is 3.00. The summed E-state index contributed by atoms with van der Waals surface area (Å²) in [5.74, 6) is 0.890. The summed E-state index contributed by atoms with van der Waals surface area (Å²) in [5.41, 5.74) is 1.90. The van der Waals surface area contributed by atoms with Crippen LogP contribution in [0.15, 0.2) is 35.2 Å². The number of thiocarbonyl (C=S) groups is 1. The molecule has 5 nitrogen and oxygen atoms in total. The zero-order valence-corrected chi connectivity index (χ0v) is 17.7. The van der Waals surface area contributed by atoms with Crippen LogP contribution in [0.4, 0.5) is 5.82 Å². The number of benzene rings is 1. The highest BCUT2D eigenvalue weighted by molar-refractivity contribution is 8.26. The second-order valence-corrected chi connectivity index (χ2v) is 8.68. The summed E-state index contributed by atoms with van der Waals surface area (Å²) in [7, 11) is 0. The van der Waals surface area contributed by atoms with Crippen LogP contribution < -0.4 is 4.90 Å². The molecular formula is C21H23N3O2S2.